The highest BCUT2D eigenvalue weighted by Gasteiger charge is 2.15. The van der Waals surface area contributed by atoms with Crippen molar-refractivity contribution in [1.82, 2.24) is 0 Å². The van der Waals surface area contributed by atoms with Gasteiger partial charge in [0.25, 0.3) is 5.91 Å². The molecule has 3 aromatic carbocycles. The van der Waals surface area contributed by atoms with Crippen molar-refractivity contribution in [2.75, 3.05) is 18.5 Å². The summed E-state index contributed by atoms with van der Waals surface area (Å²) in [4.78, 5) is 12.8. The molecule has 1 heterocycles. The summed E-state index contributed by atoms with van der Waals surface area (Å²) in [6, 6.07) is 23.3. The zero-order valence-corrected chi connectivity index (χ0v) is 14.3. The minimum absolute atomic E-state index is 0.131. The van der Waals surface area contributed by atoms with Gasteiger partial charge in [-0.1, -0.05) is 48.5 Å². The Bertz CT molecular complexity index is 922. The number of ether oxygens (including phenoxy) is 2. The number of fused-ring (bicyclic) bond motifs is 1. The summed E-state index contributed by atoms with van der Waals surface area (Å²) >= 11 is 0. The quantitative estimate of drug-likeness (QED) is 0.767. The Kier molecular flexibility index (Phi) is 4.56. The molecule has 0 unspecified atom stereocenters. The molecule has 0 aromatic heterocycles. The highest BCUT2D eigenvalue weighted by atomic mass is 16.6. The Morgan fingerprint density at radius 1 is 0.846 bits per heavy atom. The Morgan fingerprint density at radius 3 is 2.42 bits per heavy atom. The van der Waals surface area contributed by atoms with Crippen molar-refractivity contribution in [2.24, 2.45) is 0 Å². The Morgan fingerprint density at radius 2 is 1.58 bits per heavy atom. The molecular formula is C22H19NO3. The summed E-state index contributed by atoms with van der Waals surface area (Å²) < 4.78 is 11.1. The molecule has 0 radical (unpaired) electrons. The molecular weight excluding hydrogens is 326 g/mol. The van der Waals surface area contributed by atoms with Crippen molar-refractivity contribution >= 4 is 11.6 Å². The molecule has 4 heteroatoms. The van der Waals surface area contributed by atoms with Crippen molar-refractivity contribution in [3.05, 3.63) is 89.5 Å². The van der Waals surface area contributed by atoms with Crippen molar-refractivity contribution in [3.8, 4) is 11.5 Å². The Hall–Kier alpha value is -3.27. The Labute approximate surface area is 152 Å². The van der Waals surface area contributed by atoms with Crippen LogP contribution in [0.15, 0.2) is 72.8 Å². The predicted octanol–water partition coefficient (Wildman–Crippen LogP) is 4.30. The van der Waals surface area contributed by atoms with E-state index in [9.17, 15) is 4.79 Å². The SMILES string of the molecule is O=C(Nc1ccc2c(c1)OCCO2)c1ccccc1Cc1ccccc1. The van der Waals surface area contributed by atoms with Gasteiger partial charge in [0, 0.05) is 17.3 Å². The first-order valence-corrected chi connectivity index (χ1v) is 8.62. The third-order valence-corrected chi connectivity index (χ3v) is 4.30. The number of hydrogen-bond donors (Lipinski definition) is 1. The summed E-state index contributed by atoms with van der Waals surface area (Å²) in [6.07, 6.45) is 0.714. The number of rotatable bonds is 4. The van der Waals surface area contributed by atoms with E-state index < -0.39 is 0 Å². The van der Waals surface area contributed by atoms with Crippen LogP contribution < -0.4 is 14.8 Å². The first-order chi connectivity index (χ1) is 12.8. The zero-order valence-electron chi connectivity index (χ0n) is 14.3. The number of hydrogen-bond acceptors (Lipinski definition) is 3. The van der Waals surface area contributed by atoms with Gasteiger partial charge in [-0.2, -0.15) is 0 Å². The molecule has 1 N–H and O–H groups in total. The number of carbonyl (C=O) groups excluding carboxylic acids is 1. The lowest BCUT2D eigenvalue weighted by molar-refractivity contribution is 0.102. The summed E-state index contributed by atoms with van der Waals surface area (Å²) in [6.45, 7) is 1.07. The summed E-state index contributed by atoms with van der Waals surface area (Å²) in [5, 5.41) is 2.96. The van der Waals surface area contributed by atoms with Gasteiger partial charge in [0.15, 0.2) is 11.5 Å². The maximum absolute atomic E-state index is 12.8. The van der Waals surface area contributed by atoms with Gasteiger partial charge in [0.1, 0.15) is 13.2 Å². The lowest BCUT2D eigenvalue weighted by atomic mass is 9.99. The maximum Gasteiger partial charge on any atom is 0.255 e. The number of amides is 1. The normalized spacial score (nSPS) is 12.5. The number of benzene rings is 3. The molecule has 0 aliphatic carbocycles. The van der Waals surface area contributed by atoms with Crippen LogP contribution in [0.5, 0.6) is 11.5 Å². The number of anilines is 1. The molecule has 1 aliphatic heterocycles. The van der Waals surface area contributed by atoms with E-state index in [2.05, 4.69) is 17.4 Å². The molecule has 3 aromatic rings. The molecule has 1 aliphatic rings. The maximum atomic E-state index is 12.8. The van der Waals surface area contributed by atoms with E-state index in [4.69, 9.17) is 9.47 Å². The van der Waals surface area contributed by atoms with Gasteiger partial charge < -0.3 is 14.8 Å². The van der Waals surface area contributed by atoms with Crippen LogP contribution in [0.3, 0.4) is 0 Å². The van der Waals surface area contributed by atoms with Crippen molar-refractivity contribution in [3.63, 3.8) is 0 Å². The van der Waals surface area contributed by atoms with E-state index in [1.54, 1.807) is 6.07 Å². The molecule has 1 amide bonds. The van der Waals surface area contributed by atoms with Gasteiger partial charge in [0.2, 0.25) is 0 Å². The molecule has 0 fully saturated rings. The van der Waals surface area contributed by atoms with Crippen LogP contribution >= 0.6 is 0 Å². The van der Waals surface area contributed by atoms with E-state index >= 15 is 0 Å². The van der Waals surface area contributed by atoms with E-state index in [1.807, 2.05) is 54.6 Å². The molecule has 0 atom stereocenters. The zero-order chi connectivity index (χ0) is 17.8. The summed E-state index contributed by atoms with van der Waals surface area (Å²) in [5.74, 6) is 1.23. The largest absolute Gasteiger partial charge is 0.486 e. The fourth-order valence-electron chi connectivity index (χ4n) is 3.03. The minimum Gasteiger partial charge on any atom is -0.486 e. The van der Waals surface area contributed by atoms with Gasteiger partial charge >= 0.3 is 0 Å². The van der Waals surface area contributed by atoms with Crippen LogP contribution in [0.1, 0.15) is 21.5 Å². The van der Waals surface area contributed by atoms with Gasteiger partial charge in [-0.15, -0.1) is 0 Å². The lowest BCUT2D eigenvalue weighted by Crippen LogP contribution is -2.17. The van der Waals surface area contributed by atoms with Crippen LogP contribution in [0.4, 0.5) is 5.69 Å². The standard InChI is InChI=1S/C22H19NO3/c24-22(23-18-10-11-20-21(15-18)26-13-12-25-20)19-9-5-4-8-17(19)14-16-6-2-1-3-7-16/h1-11,15H,12-14H2,(H,23,24). The van der Waals surface area contributed by atoms with E-state index in [0.717, 1.165) is 5.56 Å². The van der Waals surface area contributed by atoms with E-state index in [1.165, 1.54) is 5.56 Å². The molecule has 0 saturated heterocycles. The van der Waals surface area contributed by atoms with Crippen LogP contribution in [0, 0.1) is 0 Å². The topological polar surface area (TPSA) is 47.6 Å². The number of carbonyl (C=O) groups is 1. The third-order valence-electron chi connectivity index (χ3n) is 4.30. The molecule has 130 valence electrons. The second-order valence-corrected chi connectivity index (χ2v) is 6.13. The summed E-state index contributed by atoms with van der Waals surface area (Å²) in [5.41, 5.74) is 3.53. The van der Waals surface area contributed by atoms with Gasteiger partial charge in [-0.05, 0) is 35.7 Å². The lowest BCUT2D eigenvalue weighted by Gasteiger charge is -2.19. The molecule has 4 nitrogen and oxygen atoms in total. The van der Waals surface area contributed by atoms with Crippen LogP contribution in [-0.2, 0) is 6.42 Å². The second-order valence-electron chi connectivity index (χ2n) is 6.13. The van der Waals surface area contributed by atoms with Crippen LogP contribution in [0.2, 0.25) is 0 Å². The minimum atomic E-state index is -0.131. The molecule has 4 rings (SSSR count). The molecule has 0 spiro atoms. The van der Waals surface area contributed by atoms with Crippen molar-refractivity contribution < 1.29 is 14.3 Å². The fourth-order valence-corrected chi connectivity index (χ4v) is 3.03. The van der Waals surface area contributed by atoms with Gasteiger partial charge in [-0.25, -0.2) is 0 Å². The monoisotopic (exact) mass is 345 g/mol. The van der Waals surface area contributed by atoms with Crippen LogP contribution in [0.25, 0.3) is 0 Å². The third kappa shape index (κ3) is 3.54. The van der Waals surface area contributed by atoms with Crippen molar-refractivity contribution in [2.45, 2.75) is 6.42 Å². The average molecular weight is 345 g/mol. The van der Waals surface area contributed by atoms with E-state index in [0.29, 0.717) is 42.4 Å². The first-order valence-electron chi connectivity index (χ1n) is 8.62. The molecule has 0 saturated carbocycles. The summed E-state index contributed by atoms with van der Waals surface area (Å²) in [7, 11) is 0. The van der Waals surface area contributed by atoms with E-state index in [-0.39, 0.29) is 5.91 Å². The average Bonchev–Trinajstić information content (AvgIpc) is 2.69. The smallest absolute Gasteiger partial charge is 0.255 e. The fraction of sp³-hybridized carbons (Fsp3) is 0.136. The predicted molar refractivity (Wildman–Crippen MR) is 101 cm³/mol. The molecule has 26 heavy (non-hydrogen) atoms. The molecule has 0 bridgehead atoms. The number of nitrogens with one attached hydrogen (secondary N) is 1. The van der Waals surface area contributed by atoms with Gasteiger partial charge in [-0.3, -0.25) is 4.79 Å². The highest BCUT2D eigenvalue weighted by Crippen LogP contribution is 2.32. The highest BCUT2D eigenvalue weighted by molar-refractivity contribution is 6.05. The second kappa shape index (κ2) is 7.31. The Balaban J connectivity index is 1.55. The van der Waals surface area contributed by atoms with Crippen molar-refractivity contribution in [1.29, 1.82) is 0 Å². The van der Waals surface area contributed by atoms with Crippen LogP contribution in [-0.4, -0.2) is 19.1 Å². The first kappa shape index (κ1) is 16.2. The van der Waals surface area contributed by atoms with Gasteiger partial charge in [0.05, 0.1) is 0 Å².